The maximum Gasteiger partial charge on any atom is 0.251 e. The van der Waals surface area contributed by atoms with Gasteiger partial charge in [-0.1, -0.05) is 6.07 Å². The zero-order valence-corrected chi connectivity index (χ0v) is 11.0. The molecule has 4 heteroatoms. The molecule has 2 atom stereocenters. The molecule has 0 spiro atoms. The van der Waals surface area contributed by atoms with Gasteiger partial charge in [0.15, 0.2) is 0 Å². The van der Waals surface area contributed by atoms with Crippen LogP contribution in [-0.2, 0) is 4.74 Å². The smallest absolute Gasteiger partial charge is 0.251 e. The summed E-state index contributed by atoms with van der Waals surface area (Å²) in [6, 6.07) is 7.23. The lowest BCUT2D eigenvalue weighted by Crippen LogP contribution is -2.50. The minimum atomic E-state index is -0.274. The number of rotatable bonds is 2. The van der Waals surface area contributed by atoms with E-state index in [-0.39, 0.29) is 17.6 Å². The number of carbonyl (C=O) groups excluding carboxylic acids is 1. The maximum absolute atomic E-state index is 12.1. The topological polar surface area (TPSA) is 38.3 Å². The van der Waals surface area contributed by atoms with Gasteiger partial charge in [-0.25, -0.2) is 0 Å². The summed E-state index contributed by atoms with van der Waals surface area (Å²) in [5.74, 6) is -0.0687. The summed E-state index contributed by atoms with van der Waals surface area (Å²) in [5, 5.41) is 3.05. The first-order chi connectivity index (χ1) is 8.01. The van der Waals surface area contributed by atoms with Gasteiger partial charge >= 0.3 is 0 Å². The molecular weight excluding hydrogens is 234 g/mol. The van der Waals surface area contributed by atoms with E-state index in [0.717, 1.165) is 11.3 Å². The lowest BCUT2D eigenvalue weighted by Gasteiger charge is -2.28. The third-order valence-corrected chi connectivity index (χ3v) is 3.67. The van der Waals surface area contributed by atoms with E-state index in [9.17, 15) is 4.79 Å². The van der Waals surface area contributed by atoms with Gasteiger partial charge in [0.05, 0.1) is 11.6 Å². The highest BCUT2D eigenvalue weighted by Crippen LogP contribution is 2.25. The number of amides is 1. The number of thiol groups is 1. The SMILES string of the molecule is CC1OCCC1(C)NC(=O)c1cccc(S)c1. The fraction of sp³-hybridized carbons (Fsp3) is 0.462. The summed E-state index contributed by atoms with van der Waals surface area (Å²) in [6.07, 6.45) is 0.895. The quantitative estimate of drug-likeness (QED) is 0.791. The molecule has 1 aliphatic rings. The molecule has 0 saturated carbocycles. The summed E-state index contributed by atoms with van der Waals surface area (Å²) in [6.45, 7) is 4.71. The molecule has 1 aliphatic heterocycles. The molecule has 0 radical (unpaired) electrons. The van der Waals surface area contributed by atoms with E-state index in [1.165, 1.54) is 0 Å². The van der Waals surface area contributed by atoms with Gasteiger partial charge in [-0.05, 0) is 38.5 Å². The fourth-order valence-corrected chi connectivity index (χ4v) is 2.20. The zero-order valence-electron chi connectivity index (χ0n) is 10.1. The van der Waals surface area contributed by atoms with Crippen LogP contribution in [0.15, 0.2) is 29.2 Å². The molecule has 17 heavy (non-hydrogen) atoms. The zero-order chi connectivity index (χ0) is 12.5. The predicted octanol–water partition coefficient (Wildman–Crippen LogP) is 2.27. The van der Waals surface area contributed by atoms with Gasteiger partial charge in [0.2, 0.25) is 0 Å². The molecule has 0 bridgehead atoms. The normalized spacial score (nSPS) is 28.1. The van der Waals surface area contributed by atoms with Crippen LogP contribution in [-0.4, -0.2) is 24.2 Å². The number of carbonyl (C=O) groups is 1. The van der Waals surface area contributed by atoms with Gasteiger partial charge in [0.25, 0.3) is 5.91 Å². The Morgan fingerprint density at radius 3 is 2.94 bits per heavy atom. The number of hydrogen-bond donors (Lipinski definition) is 2. The number of benzene rings is 1. The lowest BCUT2D eigenvalue weighted by molar-refractivity contribution is 0.0727. The van der Waals surface area contributed by atoms with E-state index < -0.39 is 0 Å². The molecular formula is C13H17NO2S. The lowest BCUT2D eigenvalue weighted by atomic mass is 9.94. The Kier molecular flexibility index (Phi) is 3.45. The van der Waals surface area contributed by atoms with Crippen molar-refractivity contribution in [2.45, 2.75) is 36.8 Å². The Morgan fingerprint density at radius 2 is 2.35 bits per heavy atom. The summed E-state index contributed by atoms with van der Waals surface area (Å²) < 4.78 is 5.50. The number of ether oxygens (including phenoxy) is 1. The molecule has 1 fully saturated rings. The Balaban J connectivity index is 2.12. The second kappa shape index (κ2) is 4.70. The van der Waals surface area contributed by atoms with Crippen molar-refractivity contribution in [3.8, 4) is 0 Å². The van der Waals surface area contributed by atoms with Crippen LogP contribution in [0, 0.1) is 0 Å². The van der Waals surface area contributed by atoms with Gasteiger partial charge in [-0.3, -0.25) is 4.79 Å². The van der Waals surface area contributed by atoms with E-state index in [1.807, 2.05) is 26.0 Å². The molecule has 92 valence electrons. The van der Waals surface area contributed by atoms with Crippen molar-refractivity contribution in [1.29, 1.82) is 0 Å². The van der Waals surface area contributed by atoms with Crippen LogP contribution in [0.5, 0.6) is 0 Å². The standard InChI is InChI=1S/C13H17NO2S/c1-9-13(2,6-7-16-9)14-12(15)10-4-3-5-11(17)8-10/h3-5,8-9,17H,6-7H2,1-2H3,(H,14,15). The Hall–Kier alpha value is -1.00. The Labute approximate surface area is 107 Å². The van der Waals surface area contributed by atoms with Crippen molar-refractivity contribution in [1.82, 2.24) is 5.32 Å². The minimum Gasteiger partial charge on any atom is -0.376 e. The molecule has 1 aromatic rings. The first kappa shape index (κ1) is 12.5. The first-order valence-corrected chi connectivity index (χ1v) is 6.19. The van der Waals surface area contributed by atoms with Crippen LogP contribution in [0.4, 0.5) is 0 Å². The van der Waals surface area contributed by atoms with E-state index in [4.69, 9.17) is 4.74 Å². The molecule has 3 nitrogen and oxygen atoms in total. The predicted molar refractivity (Wildman–Crippen MR) is 69.6 cm³/mol. The van der Waals surface area contributed by atoms with Gasteiger partial charge in [0.1, 0.15) is 0 Å². The first-order valence-electron chi connectivity index (χ1n) is 5.74. The summed E-state index contributed by atoms with van der Waals surface area (Å²) in [4.78, 5) is 12.9. The monoisotopic (exact) mass is 251 g/mol. The number of hydrogen-bond acceptors (Lipinski definition) is 3. The molecule has 2 rings (SSSR count). The van der Waals surface area contributed by atoms with Gasteiger partial charge in [0, 0.05) is 17.1 Å². The van der Waals surface area contributed by atoms with Crippen LogP contribution >= 0.6 is 12.6 Å². The molecule has 1 amide bonds. The average molecular weight is 251 g/mol. The molecule has 1 saturated heterocycles. The van der Waals surface area contributed by atoms with Crippen LogP contribution in [0.3, 0.4) is 0 Å². The van der Waals surface area contributed by atoms with Crippen molar-refractivity contribution in [2.24, 2.45) is 0 Å². The van der Waals surface area contributed by atoms with E-state index >= 15 is 0 Å². The summed E-state index contributed by atoms with van der Waals surface area (Å²) in [7, 11) is 0. The van der Waals surface area contributed by atoms with E-state index in [2.05, 4.69) is 17.9 Å². The molecule has 1 N–H and O–H groups in total. The van der Waals surface area contributed by atoms with Crippen LogP contribution in [0.25, 0.3) is 0 Å². The third kappa shape index (κ3) is 2.64. The second-order valence-corrected chi connectivity index (χ2v) is 5.20. The molecule has 1 heterocycles. The highest BCUT2D eigenvalue weighted by Gasteiger charge is 2.38. The third-order valence-electron chi connectivity index (χ3n) is 3.39. The van der Waals surface area contributed by atoms with Crippen molar-refractivity contribution in [3.05, 3.63) is 29.8 Å². The van der Waals surface area contributed by atoms with E-state index in [0.29, 0.717) is 12.2 Å². The van der Waals surface area contributed by atoms with Crippen molar-refractivity contribution in [2.75, 3.05) is 6.61 Å². The molecule has 2 unspecified atom stereocenters. The largest absolute Gasteiger partial charge is 0.376 e. The van der Waals surface area contributed by atoms with Gasteiger partial charge in [-0.15, -0.1) is 12.6 Å². The van der Waals surface area contributed by atoms with Crippen molar-refractivity contribution in [3.63, 3.8) is 0 Å². The van der Waals surface area contributed by atoms with E-state index in [1.54, 1.807) is 12.1 Å². The molecule has 1 aromatic carbocycles. The maximum atomic E-state index is 12.1. The molecule has 0 aliphatic carbocycles. The Morgan fingerprint density at radius 1 is 1.59 bits per heavy atom. The fourth-order valence-electron chi connectivity index (χ4n) is 1.98. The minimum absolute atomic E-state index is 0.0469. The van der Waals surface area contributed by atoms with Crippen molar-refractivity contribution < 1.29 is 9.53 Å². The highest BCUT2D eigenvalue weighted by molar-refractivity contribution is 7.80. The van der Waals surface area contributed by atoms with Gasteiger partial charge < -0.3 is 10.1 Å². The van der Waals surface area contributed by atoms with Gasteiger partial charge in [-0.2, -0.15) is 0 Å². The van der Waals surface area contributed by atoms with Crippen LogP contribution in [0.2, 0.25) is 0 Å². The summed E-state index contributed by atoms with van der Waals surface area (Å²) in [5.41, 5.74) is 0.363. The van der Waals surface area contributed by atoms with Crippen molar-refractivity contribution >= 4 is 18.5 Å². The average Bonchev–Trinajstić information content (AvgIpc) is 2.59. The number of nitrogens with one attached hydrogen (secondary N) is 1. The van der Waals surface area contributed by atoms with Crippen LogP contribution in [0.1, 0.15) is 30.6 Å². The van der Waals surface area contributed by atoms with Crippen LogP contribution < -0.4 is 5.32 Å². The Bertz CT molecular complexity index is 435. The summed E-state index contributed by atoms with van der Waals surface area (Å²) >= 11 is 4.23. The molecule has 0 aromatic heterocycles. The second-order valence-electron chi connectivity index (χ2n) is 4.68. The highest BCUT2D eigenvalue weighted by atomic mass is 32.1.